The molecule has 1 fully saturated rings. The number of methoxy groups -OCH3 is 1. The van der Waals surface area contributed by atoms with Crippen molar-refractivity contribution in [1.82, 2.24) is 0 Å². The van der Waals surface area contributed by atoms with E-state index in [1.807, 2.05) is 12.1 Å². The highest BCUT2D eigenvalue weighted by Gasteiger charge is 2.34. The first kappa shape index (κ1) is 11.7. The molecule has 0 aromatic heterocycles. The highest BCUT2D eigenvalue weighted by Crippen LogP contribution is 2.34. The minimum atomic E-state index is 0.112. The zero-order chi connectivity index (χ0) is 11.4. The SMILES string of the molecule is [B]c1ccc(C2(COC)CCOCC2)cc1. The van der Waals surface area contributed by atoms with Gasteiger partial charge >= 0.3 is 0 Å². The lowest BCUT2D eigenvalue weighted by molar-refractivity contribution is 0.0136. The van der Waals surface area contributed by atoms with Crippen LogP contribution in [0.3, 0.4) is 0 Å². The van der Waals surface area contributed by atoms with Crippen molar-refractivity contribution in [2.45, 2.75) is 18.3 Å². The van der Waals surface area contributed by atoms with Crippen LogP contribution in [0.15, 0.2) is 24.3 Å². The van der Waals surface area contributed by atoms with Crippen molar-refractivity contribution in [3.63, 3.8) is 0 Å². The Hall–Kier alpha value is -0.795. The van der Waals surface area contributed by atoms with Gasteiger partial charge in [0.25, 0.3) is 0 Å². The summed E-state index contributed by atoms with van der Waals surface area (Å²) in [6.45, 7) is 2.38. The fraction of sp³-hybridized carbons (Fsp3) is 0.538. The Morgan fingerprint density at radius 1 is 1.25 bits per heavy atom. The molecule has 0 bridgehead atoms. The maximum atomic E-state index is 5.72. The zero-order valence-corrected chi connectivity index (χ0v) is 9.74. The summed E-state index contributed by atoms with van der Waals surface area (Å²) in [6, 6.07) is 8.14. The van der Waals surface area contributed by atoms with Crippen LogP contribution in [0.4, 0.5) is 0 Å². The molecule has 1 saturated heterocycles. The zero-order valence-electron chi connectivity index (χ0n) is 9.74. The predicted molar refractivity (Wildman–Crippen MR) is 65.4 cm³/mol. The molecular formula is C13H17BO2. The summed E-state index contributed by atoms with van der Waals surface area (Å²) >= 11 is 0. The highest BCUT2D eigenvalue weighted by atomic mass is 16.5. The Bertz CT molecular complexity index is 323. The molecule has 0 unspecified atom stereocenters. The van der Waals surface area contributed by atoms with E-state index in [1.54, 1.807) is 7.11 Å². The molecule has 3 heteroatoms. The normalized spacial score (nSPS) is 19.6. The summed E-state index contributed by atoms with van der Waals surface area (Å²) in [5.41, 5.74) is 2.23. The molecule has 0 saturated carbocycles. The lowest BCUT2D eigenvalue weighted by Crippen LogP contribution is -2.38. The van der Waals surface area contributed by atoms with Crippen LogP contribution >= 0.6 is 0 Å². The fourth-order valence-electron chi connectivity index (χ4n) is 2.39. The molecule has 16 heavy (non-hydrogen) atoms. The molecule has 1 aromatic carbocycles. The summed E-state index contributed by atoms with van der Waals surface area (Å²) in [6.07, 6.45) is 2.04. The number of benzene rings is 1. The monoisotopic (exact) mass is 216 g/mol. The number of hydrogen-bond acceptors (Lipinski definition) is 2. The molecule has 2 nitrogen and oxygen atoms in total. The van der Waals surface area contributed by atoms with Crippen molar-refractivity contribution in [1.29, 1.82) is 0 Å². The molecule has 2 rings (SSSR count). The first-order valence-electron chi connectivity index (χ1n) is 5.69. The van der Waals surface area contributed by atoms with Crippen LogP contribution in [0.1, 0.15) is 18.4 Å². The van der Waals surface area contributed by atoms with E-state index in [9.17, 15) is 0 Å². The van der Waals surface area contributed by atoms with Gasteiger partial charge in [0.1, 0.15) is 7.85 Å². The van der Waals surface area contributed by atoms with Crippen LogP contribution in [0, 0.1) is 0 Å². The third kappa shape index (κ3) is 2.31. The van der Waals surface area contributed by atoms with Crippen molar-refractivity contribution < 1.29 is 9.47 Å². The fourth-order valence-corrected chi connectivity index (χ4v) is 2.39. The molecule has 0 atom stereocenters. The molecule has 0 aliphatic carbocycles. The topological polar surface area (TPSA) is 18.5 Å². The summed E-state index contributed by atoms with van der Waals surface area (Å²) in [4.78, 5) is 0. The molecular weight excluding hydrogens is 199 g/mol. The van der Waals surface area contributed by atoms with Crippen LogP contribution in [0.5, 0.6) is 0 Å². The van der Waals surface area contributed by atoms with Crippen molar-refractivity contribution in [2.75, 3.05) is 26.9 Å². The van der Waals surface area contributed by atoms with E-state index in [-0.39, 0.29) is 5.41 Å². The molecule has 0 spiro atoms. The molecule has 1 aliphatic rings. The van der Waals surface area contributed by atoms with Gasteiger partial charge in [0.2, 0.25) is 0 Å². The number of rotatable bonds is 3. The van der Waals surface area contributed by atoms with Gasteiger partial charge in [-0.15, -0.1) is 0 Å². The molecule has 84 valence electrons. The van der Waals surface area contributed by atoms with Crippen molar-refractivity contribution in [2.24, 2.45) is 0 Å². The number of hydrogen-bond donors (Lipinski definition) is 0. The van der Waals surface area contributed by atoms with E-state index in [2.05, 4.69) is 12.1 Å². The van der Waals surface area contributed by atoms with Crippen LogP contribution in [-0.2, 0) is 14.9 Å². The van der Waals surface area contributed by atoms with Gasteiger partial charge in [-0.2, -0.15) is 0 Å². The Kier molecular flexibility index (Phi) is 3.67. The Labute approximate surface area is 98.4 Å². The molecule has 2 radical (unpaired) electrons. The molecule has 0 N–H and O–H groups in total. The first-order valence-corrected chi connectivity index (χ1v) is 5.69. The Morgan fingerprint density at radius 3 is 2.44 bits per heavy atom. The van der Waals surface area contributed by atoms with Crippen LogP contribution in [0.25, 0.3) is 0 Å². The molecule has 1 aromatic rings. The van der Waals surface area contributed by atoms with Gasteiger partial charge in [-0.05, 0) is 18.4 Å². The van der Waals surface area contributed by atoms with E-state index in [0.29, 0.717) is 0 Å². The second-order valence-corrected chi connectivity index (χ2v) is 4.45. The van der Waals surface area contributed by atoms with Crippen molar-refractivity contribution >= 4 is 13.3 Å². The van der Waals surface area contributed by atoms with E-state index in [4.69, 9.17) is 17.3 Å². The van der Waals surface area contributed by atoms with Gasteiger partial charge in [0.05, 0.1) is 6.61 Å². The van der Waals surface area contributed by atoms with Gasteiger partial charge in [0.15, 0.2) is 0 Å². The smallest absolute Gasteiger partial charge is 0.113 e. The Balaban J connectivity index is 2.26. The van der Waals surface area contributed by atoms with E-state index < -0.39 is 0 Å². The first-order chi connectivity index (χ1) is 7.77. The molecule has 0 amide bonds. The van der Waals surface area contributed by atoms with E-state index in [1.165, 1.54) is 5.56 Å². The number of ether oxygens (including phenoxy) is 2. The van der Waals surface area contributed by atoms with Gasteiger partial charge in [0, 0.05) is 25.7 Å². The average Bonchev–Trinajstić information content (AvgIpc) is 2.31. The standard InChI is InChI=1S/C13H17BO2/c1-15-10-13(6-8-16-9-7-13)11-2-4-12(14)5-3-11/h2-5H,6-10H2,1H3. The highest BCUT2D eigenvalue weighted by molar-refractivity contribution is 6.32. The van der Waals surface area contributed by atoms with Gasteiger partial charge in [-0.3, -0.25) is 0 Å². The van der Waals surface area contributed by atoms with Gasteiger partial charge in [-0.1, -0.05) is 29.7 Å². The maximum Gasteiger partial charge on any atom is 0.113 e. The second-order valence-electron chi connectivity index (χ2n) is 4.45. The summed E-state index contributed by atoms with van der Waals surface area (Å²) in [5.74, 6) is 0. The van der Waals surface area contributed by atoms with Gasteiger partial charge in [-0.25, -0.2) is 0 Å². The predicted octanol–water partition coefficient (Wildman–Crippen LogP) is 1.18. The van der Waals surface area contributed by atoms with Crippen molar-refractivity contribution in [3.05, 3.63) is 29.8 Å². The van der Waals surface area contributed by atoms with Gasteiger partial charge < -0.3 is 9.47 Å². The van der Waals surface area contributed by atoms with Crippen LogP contribution in [-0.4, -0.2) is 34.8 Å². The lowest BCUT2D eigenvalue weighted by Gasteiger charge is -2.37. The van der Waals surface area contributed by atoms with Crippen molar-refractivity contribution in [3.8, 4) is 0 Å². The minimum Gasteiger partial charge on any atom is -0.384 e. The molecule has 1 heterocycles. The minimum absolute atomic E-state index is 0.112. The van der Waals surface area contributed by atoms with Crippen LogP contribution < -0.4 is 5.46 Å². The van der Waals surface area contributed by atoms with Crippen LogP contribution in [0.2, 0.25) is 0 Å². The lowest BCUT2D eigenvalue weighted by atomic mass is 9.74. The second kappa shape index (κ2) is 5.02. The summed E-state index contributed by atoms with van der Waals surface area (Å²) in [5, 5.41) is 0. The third-order valence-electron chi connectivity index (χ3n) is 3.39. The summed E-state index contributed by atoms with van der Waals surface area (Å²) < 4.78 is 10.8. The van der Waals surface area contributed by atoms with E-state index >= 15 is 0 Å². The maximum absolute atomic E-state index is 5.72. The van der Waals surface area contributed by atoms with E-state index in [0.717, 1.165) is 38.1 Å². The third-order valence-corrected chi connectivity index (χ3v) is 3.39. The summed E-state index contributed by atoms with van der Waals surface area (Å²) in [7, 11) is 7.48. The molecule has 1 aliphatic heterocycles. The largest absolute Gasteiger partial charge is 0.384 e. The average molecular weight is 216 g/mol. The Morgan fingerprint density at radius 2 is 1.88 bits per heavy atom. The quantitative estimate of drug-likeness (QED) is 0.706.